The van der Waals surface area contributed by atoms with Gasteiger partial charge in [0.25, 0.3) is 0 Å². The van der Waals surface area contributed by atoms with Crippen LogP contribution >= 0.6 is 24.8 Å². The molecule has 0 aliphatic carbocycles. The predicted molar refractivity (Wildman–Crippen MR) is 51.9 cm³/mol. The summed E-state index contributed by atoms with van der Waals surface area (Å²) in [5.74, 6) is 4.81. The van der Waals surface area contributed by atoms with E-state index in [1.54, 1.807) is 6.07 Å². The minimum atomic E-state index is -0.229. The van der Waals surface area contributed by atoms with E-state index in [1.807, 2.05) is 6.07 Å². The van der Waals surface area contributed by atoms with Crippen molar-refractivity contribution in [2.45, 2.75) is 6.54 Å². The number of benzene rings is 1. The van der Waals surface area contributed by atoms with E-state index in [0.717, 1.165) is 5.56 Å². The molecule has 0 saturated carbocycles. The van der Waals surface area contributed by atoms with Gasteiger partial charge in [-0.05, 0) is 17.7 Å². The summed E-state index contributed by atoms with van der Waals surface area (Å²) >= 11 is 0. The number of hydrogen-bond acceptors (Lipinski definition) is 2. The Morgan fingerprint density at radius 2 is 2.00 bits per heavy atom. The fraction of sp³-hybridized carbons (Fsp3) is 0.143. The van der Waals surface area contributed by atoms with E-state index in [4.69, 9.17) is 5.84 Å². The molecular formula is C7H11Cl2FN2. The lowest BCUT2D eigenvalue weighted by Gasteiger charge is -1.97. The van der Waals surface area contributed by atoms with Crippen molar-refractivity contribution in [1.29, 1.82) is 0 Å². The van der Waals surface area contributed by atoms with Crippen molar-refractivity contribution in [3.63, 3.8) is 0 Å². The molecule has 0 spiro atoms. The Hall–Kier alpha value is -0.350. The Bertz CT molecular complexity index is 220. The monoisotopic (exact) mass is 212 g/mol. The highest BCUT2D eigenvalue weighted by Crippen LogP contribution is 2.01. The van der Waals surface area contributed by atoms with Gasteiger partial charge in [0.1, 0.15) is 5.82 Å². The lowest BCUT2D eigenvalue weighted by Crippen LogP contribution is -2.20. The molecule has 0 atom stereocenters. The molecule has 0 aliphatic heterocycles. The standard InChI is InChI=1S/C7H9FN2.2ClH/c8-7-3-1-2-6(4-7)5-10-9;;/h1-4,10H,5,9H2;2*1H. The SMILES string of the molecule is Cl.Cl.NNCc1cccc(F)c1. The summed E-state index contributed by atoms with van der Waals surface area (Å²) in [4.78, 5) is 0. The molecule has 1 rings (SSSR count). The van der Waals surface area contributed by atoms with Gasteiger partial charge in [0, 0.05) is 6.54 Å². The molecule has 70 valence electrons. The van der Waals surface area contributed by atoms with Gasteiger partial charge in [-0.15, -0.1) is 24.8 Å². The number of nitrogens with two attached hydrogens (primary N) is 1. The van der Waals surface area contributed by atoms with Crippen LogP contribution in [0.2, 0.25) is 0 Å². The van der Waals surface area contributed by atoms with Crippen LogP contribution in [-0.4, -0.2) is 0 Å². The molecule has 0 fully saturated rings. The lowest BCUT2D eigenvalue weighted by molar-refractivity contribution is 0.622. The molecule has 0 saturated heterocycles. The summed E-state index contributed by atoms with van der Waals surface area (Å²) < 4.78 is 12.4. The number of nitrogens with one attached hydrogen (secondary N) is 1. The highest BCUT2D eigenvalue weighted by atomic mass is 35.5. The number of rotatable bonds is 2. The van der Waals surface area contributed by atoms with E-state index in [1.165, 1.54) is 12.1 Å². The normalized spacial score (nSPS) is 8.17. The van der Waals surface area contributed by atoms with Crippen molar-refractivity contribution in [2.24, 2.45) is 5.84 Å². The van der Waals surface area contributed by atoms with Gasteiger partial charge >= 0.3 is 0 Å². The molecule has 0 aromatic heterocycles. The molecule has 0 unspecified atom stereocenters. The first-order valence-corrected chi connectivity index (χ1v) is 3.01. The zero-order chi connectivity index (χ0) is 7.40. The van der Waals surface area contributed by atoms with Gasteiger partial charge in [-0.3, -0.25) is 11.3 Å². The summed E-state index contributed by atoms with van der Waals surface area (Å²) in [6.07, 6.45) is 0. The van der Waals surface area contributed by atoms with Crippen LogP contribution in [0.1, 0.15) is 5.56 Å². The summed E-state index contributed by atoms with van der Waals surface area (Å²) in [6.45, 7) is 0.498. The van der Waals surface area contributed by atoms with Crippen LogP contribution in [0.5, 0.6) is 0 Å². The quantitative estimate of drug-likeness (QED) is 0.578. The number of hydrazine groups is 1. The second-order valence-corrected chi connectivity index (χ2v) is 2.01. The molecule has 1 aromatic carbocycles. The lowest BCUT2D eigenvalue weighted by atomic mass is 10.2. The van der Waals surface area contributed by atoms with Crippen LogP contribution in [0, 0.1) is 5.82 Å². The highest BCUT2D eigenvalue weighted by molar-refractivity contribution is 5.85. The molecule has 0 amide bonds. The zero-order valence-electron chi connectivity index (χ0n) is 6.29. The van der Waals surface area contributed by atoms with Crippen molar-refractivity contribution in [3.05, 3.63) is 35.6 Å². The maximum atomic E-state index is 12.4. The maximum Gasteiger partial charge on any atom is 0.123 e. The Kier molecular flexibility index (Phi) is 8.64. The molecule has 0 aliphatic rings. The summed E-state index contributed by atoms with van der Waals surface area (Å²) in [5, 5.41) is 0. The molecule has 0 bridgehead atoms. The third-order valence-corrected chi connectivity index (χ3v) is 1.20. The Morgan fingerprint density at radius 3 is 2.50 bits per heavy atom. The third kappa shape index (κ3) is 4.51. The maximum absolute atomic E-state index is 12.4. The topological polar surface area (TPSA) is 38.0 Å². The Balaban J connectivity index is 0. The second-order valence-electron chi connectivity index (χ2n) is 2.01. The molecule has 2 nitrogen and oxygen atoms in total. The van der Waals surface area contributed by atoms with E-state index < -0.39 is 0 Å². The van der Waals surface area contributed by atoms with Crippen LogP contribution in [0.3, 0.4) is 0 Å². The van der Waals surface area contributed by atoms with E-state index in [0.29, 0.717) is 6.54 Å². The van der Waals surface area contributed by atoms with Crippen LogP contribution in [0.25, 0.3) is 0 Å². The zero-order valence-corrected chi connectivity index (χ0v) is 7.92. The minimum Gasteiger partial charge on any atom is -0.271 e. The van der Waals surface area contributed by atoms with Crippen molar-refractivity contribution in [2.75, 3.05) is 0 Å². The van der Waals surface area contributed by atoms with Crippen molar-refractivity contribution < 1.29 is 4.39 Å². The molecule has 0 radical (unpaired) electrons. The van der Waals surface area contributed by atoms with Crippen molar-refractivity contribution >= 4 is 24.8 Å². The Morgan fingerprint density at radius 1 is 1.33 bits per heavy atom. The molecule has 0 heterocycles. The predicted octanol–water partition coefficient (Wildman–Crippen LogP) is 1.63. The van der Waals surface area contributed by atoms with Crippen LogP contribution < -0.4 is 11.3 Å². The van der Waals surface area contributed by atoms with Gasteiger partial charge in [-0.1, -0.05) is 12.1 Å². The molecule has 3 N–H and O–H groups in total. The average Bonchev–Trinajstić information content (AvgIpc) is 1.88. The van der Waals surface area contributed by atoms with Gasteiger partial charge in [-0.2, -0.15) is 0 Å². The van der Waals surface area contributed by atoms with E-state index in [9.17, 15) is 4.39 Å². The summed E-state index contributed by atoms with van der Waals surface area (Å²) in [7, 11) is 0. The van der Waals surface area contributed by atoms with Crippen LogP contribution in [-0.2, 0) is 6.54 Å². The van der Waals surface area contributed by atoms with Crippen LogP contribution in [0.15, 0.2) is 24.3 Å². The number of halogens is 3. The highest BCUT2D eigenvalue weighted by Gasteiger charge is 1.91. The largest absolute Gasteiger partial charge is 0.271 e. The van der Waals surface area contributed by atoms with E-state index >= 15 is 0 Å². The van der Waals surface area contributed by atoms with E-state index in [-0.39, 0.29) is 30.6 Å². The van der Waals surface area contributed by atoms with Gasteiger partial charge < -0.3 is 0 Å². The number of hydrogen-bond donors (Lipinski definition) is 2. The second kappa shape index (κ2) is 7.31. The van der Waals surface area contributed by atoms with Gasteiger partial charge in [-0.25, -0.2) is 4.39 Å². The summed E-state index contributed by atoms with van der Waals surface area (Å²) in [5.41, 5.74) is 3.29. The third-order valence-electron chi connectivity index (χ3n) is 1.20. The van der Waals surface area contributed by atoms with Gasteiger partial charge in [0.15, 0.2) is 0 Å². The smallest absolute Gasteiger partial charge is 0.123 e. The first-order chi connectivity index (χ1) is 4.83. The molecule has 12 heavy (non-hydrogen) atoms. The molecule has 5 heteroatoms. The average molecular weight is 213 g/mol. The van der Waals surface area contributed by atoms with E-state index in [2.05, 4.69) is 5.43 Å². The van der Waals surface area contributed by atoms with Crippen molar-refractivity contribution in [1.82, 2.24) is 5.43 Å². The molecule has 1 aromatic rings. The fourth-order valence-electron chi connectivity index (χ4n) is 0.765. The minimum absolute atomic E-state index is 0. The summed E-state index contributed by atoms with van der Waals surface area (Å²) in [6, 6.07) is 6.31. The van der Waals surface area contributed by atoms with Crippen LogP contribution in [0.4, 0.5) is 4.39 Å². The van der Waals surface area contributed by atoms with Crippen molar-refractivity contribution in [3.8, 4) is 0 Å². The molecular weight excluding hydrogens is 202 g/mol. The fourth-order valence-corrected chi connectivity index (χ4v) is 0.765. The van der Waals surface area contributed by atoms with Gasteiger partial charge in [0.2, 0.25) is 0 Å². The van der Waals surface area contributed by atoms with Gasteiger partial charge in [0.05, 0.1) is 0 Å². The first kappa shape index (κ1) is 14.2. The first-order valence-electron chi connectivity index (χ1n) is 3.01. The Labute approximate surface area is 83.1 Å².